The van der Waals surface area contributed by atoms with Crippen LogP contribution in [0.5, 0.6) is 0 Å². The molecule has 0 aliphatic carbocycles. The van der Waals surface area contributed by atoms with Gasteiger partial charge in [0.2, 0.25) is 15.9 Å². The number of benzene rings is 1. The number of nitrogens with one attached hydrogen (secondary N) is 1. The van der Waals surface area contributed by atoms with Crippen LogP contribution in [0, 0.1) is 0 Å². The van der Waals surface area contributed by atoms with Gasteiger partial charge in [-0.1, -0.05) is 17.8 Å². The lowest BCUT2D eigenvalue weighted by molar-refractivity contribution is -0.115. The number of anilines is 1. The number of aromatic nitrogens is 2. The number of carbonyl (C=O) groups excluding carboxylic acids is 1. The molecule has 0 spiro atoms. The summed E-state index contributed by atoms with van der Waals surface area (Å²) in [7, 11) is -3.81. The zero-order chi connectivity index (χ0) is 16.2. The van der Waals surface area contributed by atoms with Crippen molar-refractivity contribution in [3.05, 3.63) is 42.7 Å². The van der Waals surface area contributed by atoms with Crippen LogP contribution < -0.4 is 10.5 Å². The standard InChI is InChI=1S/C13H14N4O3S2/c1-9(21-13-15-6-3-7-16-13)12(18)17-10-4-2-5-11(8-10)22(14,19)20/h2-9H,1H3,(H,17,18)(H2,14,19,20)/t9-/m1/s1. The first-order chi connectivity index (χ1) is 10.4. The summed E-state index contributed by atoms with van der Waals surface area (Å²) in [5.41, 5.74) is 0.359. The number of thioether (sulfide) groups is 1. The van der Waals surface area contributed by atoms with Crippen LogP contribution >= 0.6 is 11.8 Å². The fraction of sp³-hybridized carbons (Fsp3) is 0.154. The van der Waals surface area contributed by atoms with E-state index in [1.54, 1.807) is 31.5 Å². The third kappa shape index (κ3) is 4.52. The molecule has 1 heterocycles. The van der Waals surface area contributed by atoms with Crippen molar-refractivity contribution in [2.24, 2.45) is 5.14 Å². The Labute approximate surface area is 132 Å². The predicted molar refractivity (Wildman–Crippen MR) is 83.8 cm³/mol. The second-order valence-corrected chi connectivity index (χ2v) is 7.22. The number of rotatable bonds is 5. The van der Waals surface area contributed by atoms with Gasteiger partial charge in [-0.25, -0.2) is 23.5 Å². The molecule has 0 saturated heterocycles. The zero-order valence-electron chi connectivity index (χ0n) is 11.6. The quantitative estimate of drug-likeness (QED) is 0.626. The van der Waals surface area contributed by atoms with Gasteiger partial charge < -0.3 is 5.32 Å². The Morgan fingerprint density at radius 3 is 2.59 bits per heavy atom. The van der Waals surface area contributed by atoms with Gasteiger partial charge in [0.15, 0.2) is 5.16 Å². The summed E-state index contributed by atoms with van der Waals surface area (Å²) >= 11 is 1.20. The summed E-state index contributed by atoms with van der Waals surface area (Å²) in [5.74, 6) is -0.288. The first kappa shape index (κ1) is 16.4. The van der Waals surface area contributed by atoms with Gasteiger partial charge in [0.1, 0.15) is 0 Å². The van der Waals surface area contributed by atoms with Crippen molar-refractivity contribution >= 4 is 33.4 Å². The van der Waals surface area contributed by atoms with E-state index in [-0.39, 0.29) is 10.8 Å². The molecule has 0 bridgehead atoms. The van der Waals surface area contributed by atoms with Gasteiger partial charge in [-0.2, -0.15) is 0 Å². The summed E-state index contributed by atoms with van der Waals surface area (Å²) in [6.07, 6.45) is 3.19. The Kier molecular flexibility index (Phi) is 5.11. The highest BCUT2D eigenvalue weighted by molar-refractivity contribution is 8.00. The molecular weight excluding hydrogens is 324 g/mol. The number of carbonyl (C=O) groups is 1. The third-order valence-corrected chi connectivity index (χ3v) is 4.52. The van der Waals surface area contributed by atoms with Crippen LogP contribution in [0.15, 0.2) is 52.8 Å². The highest BCUT2D eigenvalue weighted by Gasteiger charge is 2.16. The Morgan fingerprint density at radius 2 is 1.95 bits per heavy atom. The van der Waals surface area contributed by atoms with Crippen LogP contribution in [0.3, 0.4) is 0 Å². The van der Waals surface area contributed by atoms with Gasteiger partial charge >= 0.3 is 0 Å². The normalized spacial score (nSPS) is 12.6. The molecule has 0 aliphatic rings. The maximum absolute atomic E-state index is 12.1. The fourth-order valence-corrected chi connectivity index (χ4v) is 2.84. The molecule has 7 nitrogen and oxygen atoms in total. The van der Waals surface area contributed by atoms with Crippen LogP contribution in [0.2, 0.25) is 0 Å². The van der Waals surface area contributed by atoms with Crippen LogP contribution in [0.4, 0.5) is 5.69 Å². The maximum atomic E-state index is 12.1. The Balaban J connectivity index is 2.06. The third-order valence-electron chi connectivity index (χ3n) is 2.62. The monoisotopic (exact) mass is 338 g/mol. The van der Waals surface area contributed by atoms with Crippen molar-refractivity contribution in [2.45, 2.75) is 22.2 Å². The largest absolute Gasteiger partial charge is 0.325 e. The SMILES string of the molecule is C[C@@H](Sc1ncccn1)C(=O)Nc1cccc(S(N)(=O)=O)c1. The predicted octanol–water partition coefficient (Wildman–Crippen LogP) is 1.24. The lowest BCUT2D eigenvalue weighted by Gasteiger charge is -2.11. The molecule has 22 heavy (non-hydrogen) atoms. The Morgan fingerprint density at radius 1 is 1.27 bits per heavy atom. The van der Waals surface area contributed by atoms with Gasteiger partial charge in [0.25, 0.3) is 0 Å². The number of sulfonamides is 1. The minimum absolute atomic E-state index is 0.0583. The van der Waals surface area contributed by atoms with Crippen molar-refractivity contribution in [3.63, 3.8) is 0 Å². The lowest BCUT2D eigenvalue weighted by Crippen LogP contribution is -2.23. The van der Waals surface area contributed by atoms with Gasteiger partial charge in [-0.15, -0.1) is 0 Å². The molecule has 1 atom stereocenters. The summed E-state index contributed by atoms with van der Waals surface area (Å²) in [6, 6.07) is 7.45. The molecular formula is C13H14N4O3S2. The average molecular weight is 338 g/mol. The van der Waals surface area contributed by atoms with E-state index in [2.05, 4.69) is 15.3 Å². The van der Waals surface area contributed by atoms with E-state index in [1.165, 1.54) is 30.0 Å². The number of hydrogen-bond donors (Lipinski definition) is 2. The summed E-state index contributed by atoms with van der Waals surface area (Å²) in [4.78, 5) is 20.1. The second kappa shape index (κ2) is 6.86. The first-order valence-electron chi connectivity index (χ1n) is 6.23. The van der Waals surface area contributed by atoms with Gasteiger partial charge in [-0.05, 0) is 31.2 Å². The molecule has 2 aromatic rings. The molecule has 1 aromatic carbocycles. The second-order valence-electron chi connectivity index (χ2n) is 4.35. The van der Waals surface area contributed by atoms with E-state index in [1.807, 2.05) is 0 Å². The lowest BCUT2D eigenvalue weighted by atomic mass is 10.3. The average Bonchev–Trinajstić information content (AvgIpc) is 2.47. The summed E-state index contributed by atoms with van der Waals surface area (Å²) in [6.45, 7) is 1.71. The molecule has 0 aliphatic heterocycles. The van der Waals surface area contributed by atoms with Crippen molar-refractivity contribution in [2.75, 3.05) is 5.32 Å². The maximum Gasteiger partial charge on any atom is 0.238 e. The van der Waals surface area contributed by atoms with Crippen molar-refractivity contribution in [1.82, 2.24) is 9.97 Å². The van der Waals surface area contributed by atoms with E-state index in [4.69, 9.17) is 5.14 Å². The topological polar surface area (TPSA) is 115 Å². The minimum atomic E-state index is -3.81. The number of primary sulfonamides is 1. The molecule has 9 heteroatoms. The van der Waals surface area contributed by atoms with Crippen LogP contribution in [0.25, 0.3) is 0 Å². The molecule has 116 valence electrons. The van der Waals surface area contributed by atoms with Gasteiger partial charge in [-0.3, -0.25) is 4.79 Å². The molecule has 0 unspecified atom stereocenters. The molecule has 2 rings (SSSR count). The Bertz CT molecular complexity index is 766. The minimum Gasteiger partial charge on any atom is -0.325 e. The van der Waals surface area contributed by atoms with Gasteiger partial charge in [0, 0.05) is 18.1 Å². The van der Waals surface area contributed by atoms with E-state index < -0.39 is 15.3 Å². The van der Waals surface area contributed by atoms with Crippen molar-refractivity contribution < 1.29 is 13.2 Å². The Hall–Kier alpha value is -1.97. The zero-order valence-corrected chi connectivity index (χ0v) is 13.3. The van der Waals surface area contributed by atoms with E-state index >= 15 is 0 Å². The van der Waals surface area contributed by atoms with Crippen LogP contribution in [-0.4, -0.2) is 29.5 Å². The van der Waals surface area contributed by atoms with Crippen molar-refractivity contribution in [3.8, 4) is 0 Å². The van der Waals surface area contributed by atoms with E-state index in [9.17, 15) is 13.2 Å². The smallest absolute Gasteiger partial charge is 0.238 e. The number of hydrogen-bond acceptors (Lipinski definition) is 6. The highest BCUT2D eigenvalue weighted by atomic mass is 32.2. The first-order valence-corrected chi connectivity index (χ1v) is 8.66. The number of amides is 1. The highest BCUT2D eigenvalue weighted by Crippen LogP contribution is 2.20. The molecule has 1 aromatic heterocycles. The molecule has 0 fully saturated rings. The summed E-state index contributed by atoms with van der Waals surface area (Å²) in [5, 5.41) is 7.74. The van der Waals surface area contributed by atoms with Crippen molar-refractivity contribution in [1.29, 1.82) is 0 Å². The molecule has 3 N–H and O–H groups in total. The fourth-order valence-electron chi connectivity index (χ4n) is 1.55. The van der Waals surface area contributed by atoms with E-state index in [0.29, 0.717) is 10.8 Å². The van der Waals surface area contributed by atoms with Crippen LogP contribution in [0.1, 0.15) is 6.92 Å². The number of nitrogens with zero attached hydrogens (tertiary/aromatic N) is 2. The van der Waals surface area contributed by atoms with Gasteiger partial charge in [0.05, 0.1) is 10.1 Å². The van der Waals surface area contributed by atoms with Crippen LogP contribution in [-0.2, 0) is 14.8 Å². The summed E-state index contributed by atoms with van der Waals surface area (Å²) < 4.78 is 22.6. The van der Waals surface area contributed by atoms with E-state index in [0.717, 1.165) is 0 Å². The number of nitrogens with two attached hydrogens (primary N) is 1. The molecule has 0 saturated carbocycles. The molecule has 0 radical (unpaired) electrons. The molecule has 1 amide bonds.